The fourth-order valence-electron chi connectivity index (χ4n) is 2.21. The molecule has 2 N–H and O–H groups in total. The molecule has 2 aromatic heterocycles. The van der Waals surface area contributed by atoms with Crippen molar-refractivity contribution in [2.75, 3.05) is 17.7 Å². The highest BCUT2D eigenvalue weighted by Gasteiger charge is 2.28. The highest BCUT2D eigenvalue weighted by atomic mass is 15.3. The molecular formula is C14H20N6. The number of aryl methyl sites for hydroxylation is 1. The van der Waals surface area contributed by atoms with Gasteiger partial charge in [-0.2, -0.15) is 5.10 Å². The zero-order valence-electron chi connectivity index (χ0n) is 12.1. The van der Waals surface area contributed by atoms with Crippen molar-refractivity contribution in [3.8, 4) is 0 Å². The molecule has 0 aliphatic heterocycles. The van der Waals surface area contributed by atoms with Gasteiger partial charge in [-0.15, -0.1) is 0 Å². The highest BCUT2D eigenvalue weighted by Crippen LogP contribution is 2.39. The summed E-state index contributed by atoms with van der Waals surface area (Å²) in [6.45, 7) is 2.70. The monoisotopic (exact) mass is 272 g/mol. The van der Waals surface area contributed by atoms with Gasteiger partial charge in [-0.05, 0) is 25.8 Å². The van der Waals surface area contributed by atoms with Crippen LogP contribution < -0.4 is 10.6 Å². The second kappa shape index (κ2) is 5.11. The number of nitrogens with one attached hydrogen (secondary N) is 2. The van der Waals surface area contributed by atoms with Crippen LogP contribution in [0.3, 0.4) is 0 Å². The first-order valence-corrected chi connectivity index (χ1v) is 6.96. The van der Waals surface area contributed by atoms with E-state index in [1.54, 1.807) is 4.68 Å². The van der Waals surface area contributed by atoms with Crippen molar-refractivity contribution in [1.82, 2.24) is 19.7 Å². The van der Waals surface area contributed by atoms with Crippen molar-refractivity contribution in [2.24, 2.45) is 7.05 Å². The van der Waals surface area contributed by atoms with Crippen molar-refractivity contribution in [3.63, 3.8) is 0 Å². The summed E-state index contributed by atoms with van der Waals surface area (Å²) < 4.78 is 1.80. The molecule has 2 heterocycles. The van der Waals surface area contributed by atoms with Gasteiger partial charge in [0.1, 0.15) is 17.5 Å². The lowest BCUT2D eigenvalue weighted by molar-refractivity contribution is 0.746. The van der Waals surface area contributed by atoms with E-state index in [-0.39, 0.29) is 0 Å². The molecular weight excluding hydrogens is 252 g/mol. The Hall–Kier alpha value is -2.11. The Morgan fingerprint density at radius 3 is 2.65 bits per heavy atom. The maximum atomic E-state index is 4.67. The summed E-state index contributed by atoms with van der Waals surface area (Å²) in [5.41, 5.74) is 2.05. The molecule has 106 valence electrons. The lowest BCUT2D eigenvalue weighted by atomic mass is 10.2. The molecule has 1 fully saturated rings. The van der Waals surface area contributed by atoms with Crippen LogP contribution in [0.25, 0.3) is 0 Å². The molecule has 1 saturated carbocycles. The van der Waals surface area contributed by atoms with Crippen molar-refractivity contribution in [2.45, 2.75) is 32.2 Å². The predicted octanol–water partition coefficient (Wildman–Crippen LogP) is 2.05. The third-order valence-electron chi connectivity index (χ3n) is 3.55. The summed E-state index contributed by atoms with van der Waals surface area (Å²) >= 11 is 0. The fourth-order valence-corrected chi connectivity index (χ4v) is 2.21. The largest absolute Gasteiger partial charge is 0.373 e. The number of hydrogen-bond donors (Lipinski definition) is 2. The van der Waals surface area contributed by atoms with Gasteiger partial charge in [0.15, 0.2) is 0 Å². The minimum atomic E-state index is 0.540. The van der Waals surface area contributed by atoms with E-state index in [4.69, 9.17) is 0 Å². The lowest BCUT2D eigenvalue weighted by Crippen LogP contribution is -2.09. The zero-order valence-corrected chi connectivity index (χ0v) is 12.1. The molecule has 0 amide bonds. The van der Waals surface area contributed by atoms with Crippen molar-refractivity contribution in [3.05, 3.63) is 29.3 Å². The van der Waals surface area contributed by atoms with Gasteiger partial charge < -0.3 is 10.6 Å². The topological polar surface area (TPSA) is 67.7 Å². The SMILES string of the molecule is CNc1nc(C2CC2)nc(NCc2ccn(C)n2)c1C. The van der Waals surface area contributed by atoms with E-state index >= 15 is 0 Å². The third-order valence-corrected chi connectivity index (χ3v) is 3.55. The summed E-state index contributed by atoms with van der Waals surface area (Å²) in [7, 11) is 3.82. The Labute approximate surface area is 118 Å². The first kappa shape index (κ1) is 12.9. The standard InChI is InChI=1S/C14H20N6/c1-9-12(15-2)17-14(10-4-5-10)18-13(9)16-8-11-6-7-20(3)19-11/h6-7,10H,4-5,8H2,1-3H3,(H2,15,16,17,18). The second-order valence-corrected chi connectivity index (χ2v) is 5.26. The quantitative estimate of drug-likeness (QED) is 0.872. The van der Waals surface area contributed by atoms with Gasteiger partial charge in [-0.1, -0.05) is 0 Å². The fraction of sp³-hybridized carbons (Fsp3) is 0.500. The van der Waals surface area contributed by atoms with Crippen molar-refractivity contribution in [1.29, 1.82) is 0 Å². The Morgan fingerprint density at radius 2 is 2.05 bits per heavy atom. The minimum absolute atomic E-state index is 0.540. The van der Waals surface area contributed by atoms with Crippen LogP contribution in [-0.4, -0.2) is 26.8 Å². The van der Waals surface area contributed by atoms with Gasteiger partial charge in [0.2, 0.25) is 0 Å². The smallest absolute Gasteiger partial charge is 0.136 e. The van der Waals surface area contributed by atoms with E-state index in [2.05, 4.69) is 25.7 Å². The first-order valence-electron chi connectivity index (χ1n) is 6.96. The van der Waals surface area contributed by atoms with Crippen LogP contribution in [0.15, 0.2) is 12.3 Å². The van der Waals surface area contributed by atoms with Crippen LogP contribution in [0.5, 0.6) is 0 Å². The van der Waals surface area contributed by atoms with Gasteiger partial charge in [0.25, 0.3) is 0 Å². The molecule has 2 aromatic rings. The van der Waals surface area contributed by atoms with Crippen LogP contribution in [0.1, 0.15) is 35.8 Å². The zero-order chi connectivity index (χ0) is 14.1. The normalized spacial score (nSPS) is 14.3. The molecule has 6 heteroatoms. The molecule has 0 spiro atoms. The molecule has 1 aliphatic carbocycles. The van der Waals surface area contributed by atoms with E-state index in [1.807, 2.05) is 33.3 Å². The summed E-state index contributed by atoms with van der Waals surface area (Å²) in [6, 6.07) is 2.00. The lowest BCUT2D eigenvalue weighted by Gasteiger charge is -2.13. The minimum Gasteiger partial charge on any atom is -0.373 e. The molecule has 0 atom stereocenters. The van der Waals surface area contributed by atoms with Gasteiger partial charge in [0, 0.05) is 31.8 Å². The molecule has 0 aromatic carbocycles. The van der Waals surface area contributed by atoms with Crippen molar-refractivity contribution >= 4 is 11.6 Å². The van der Waals surface area contributed by atoms with E-state index in [0.29, 0.717) is 12.5 Å². The number of rotatable bonds is 5. The number of hydrogen-bond acceptors (Lipinski definition) is 5. The van der Waals surface area contributed by atoms with E-state index in [1.165, 1.54) is 12.8 Å². The molecule has 6 nitrogen and oxygen atoms in total. The van der Waals surface area contributed by atoms with Crippen LogP contribution in [0.4, 0.5) is 11.6 Å². The van der Waals surface area contributed by atoms with Gasteiger partial charge in [-0.3, -0.25) is 4.68 Å². The second-order valence-electron chi connectivity index (χ2n) is 5.26. The van der Waals surface area contributed by atoms with Gasteiger partial charge in [0.05, 0.1) is 12.2 Å². The maximum absolute atomic E-state index is 4.67. The van der Waals surface area contributed by atoms with Crippen LogP contribution >= 0.6 is 0 Å². The molecule has 0 bridgehead atoms. The number of anilines is 2. The van der Waals surface area contributed by atoms with E-state index < -0.39 is 0 Å². The Morgan fingerprint density at radius 1 is 1.30 bits per heavy atom. The Kier molecular flexibility index (Phi) is 3.30. The Bertz CT molecular complexity index is 614. The Balaban J connectivity index is 1.81. The maximum Gasteiger partial charge on any atom is 0.136 e. The average molecular weight is 272 g/mol. The summed E-state index contributed by atoms with van der Waals surface area (Å²) in [5.74, 6) is 3.30. The number of nitrogens with zero attached hydrogens (tertiary/aromatic N) is 4. The summed E-state index contributed by atoms with van der Waals surface area (Å²) in [6.07, 6.45) is 4.34. The van der Waals surface area contributed by atoms with Crippen LogP contribution in [0.2, 0.25) is 0 Å². The molecule has 3 rings (SSSR count). The molecule has 0 unspecified atom stereocenters. The average Bonchev–Trinajstić information content (AvgIpc) is 3.21. The molecule has 0 radical (unpaired) electrons. The van der Waals surface area contributed by atoms with E-state index in [0.717, 1.165) is 28.7 Å². The molecule has 20 heavy (non-hydrogen) atoms. The molecule has 1 aliphatic rings. The first-order chi connectivity index (χ1) is 9.67. The van der Waals surface area contributed by atoms with Crippen LogP contribution in [-0.2, 0) is 13.6 Å². The predicted molar refractivity (Wildman–Crippen MR) is 78.8 cm³/mol. The van der Waals surface area contributed by atoms with Gasteiger partial charge >= 0.3 is 0 Å². The van der Waals surface area contributed by atoms with E-state index in [9.17, 15) is 0 Å². The third kappa shape index (κ3) is 2.59. The van der Waals surface area contributed by atoms with Gasteiger partial charge in [-0.25, -0.2) is 9.97 Å². The molecule has 0 saturated heterocycles. The summed E-state index contributed by atoms with van der Waals surface area (Å²) in [5, 5.41) is 10.9. The van der Waals surface area contributed by atoms with Crippen molar-refractivity contribution < 1.29 is 0 Å². The summed E-state index contributed by atoms with van der Waals surface area (Å²) in [4.78, 5) is 9.26. The highest BCUT2D eigenvalue weighted by molar-refractivity contribution is 5.57. The number of aromatic nitrogens is 4. The van der Waals surface area contributed by atoms with Crippen LogP contribution in [0, 0.1) is 6.92 Å².